The van der Waals surface area contributed by atoms with Crippen LogP contribution in [0.2, 0.25) is 0 Å². The molecule has 1 aliphatic heterocycles. The lowest BCUT2D eigenvalue weighted by molar-refractivity contribution is 0.508. The summed E-state index contributed by atoms with van der Waals surface area (Å²) in [5.74, 6) is 0. The van der Waals surface area contributed by atoms with Gasteiger partial charge >= 0.3 is 0 Å². The van der Waals surface area contributed by atoms with Crippen LogP contribution >= 0.6 is 0 Å². The lowest BCUT2D eigenvalue weighted by Crippen LogP contribution is -2.17. The van der Waals surface area contributed by atoms with Gasteiger partial charge in [0.25, 0.3) is 0 Å². The van der Waals surface area contributed by atoms with Crippen molar-refractivity contribution in [1.29, 1.82) is 0 Å². The first-order valence-electron chi connectivity index (χ1n) is 5.03. The quantitative estimate of drug-likeness (QED) is 0.757. The molecule has 72 valence electrons. The second-order valence-electron chi connectivity index (χ2n) is 3.53. The Labute approximate surface area is 78.3 Å². The summed E-state index contributed by atoms with van der Waals surface area (Å²) in [5.41, 5.74) is 1.25. The molecule has 0 aromatic carbocycles. The second-order valence-corrected chi connectivity index (χ2v) is 3.53. The molecule has 1 unspecified atom stereocenters. The van der Waals surface area contributed by atoms with Crippen molar-refractivity contribution in [2.75, 3.05) is 6.54 Å². The Balaban J connectivity index is 2.13. The van der Waals surface area contributed by atoms with Crippen molar-refractivity contribution in [2.24, 2.45) is 0 Å². The summed E-state index contributed by atoms with van der Waals surface area (Å²) in [7, 11) is 0. The Hall–Kier alpha value is -0.900. The molecule has 1 aromatic heterocycles. The molecule has 1 aliphatic rings. The van der Waals surface area contributed by atoms with E-state index in [4.69, 9.17) is 0 Å². The van der Waals surface area contributed by atoms with Crippen LogP contribution in [0.5, 0.6) is 0 Å². The van der Waals surface area contributed by atoms with Crippen molar-refractivity contribution >= 4 is 0 Å². The summed E-state index contributed by atoms with van der Waals surface area (Å²) in [6.07, 6.45) is 5.49. The first kappa shape index (κ1) is 8.69. The predicted molar refractivity (Wildman–Crippen MR) is 50.3 cm³/mol. The summed E-state index contributed by atoms with van der Waals surface area (Å²) in [4.78, 5) is 0. The summed E-state index contributed by atoms with van der Waals surface area (Å²) >= 11 is 0. The van der Waals surface area contributed by atoms with Gasteiger partial charge in [0.1, 0.15) is 0 Å². The number of aryl methyl sites for hydroxylation is 1. The second kappa shape index (κ2) is 3.87. The molecule has 2 heterocycles. The van der Waals surface area contributed by atoms with Gasteiger partial charge in [-0.05, 0) is 25.8 Å². The van der Waals surface area contributed by atoms with Crippen molar-refractivity contribution in [3.63, 3.8) is 0 Å². The third-order valence-electron chi connectivity index (χ3n) is 2.50. The number of nitrogens with zero attached hydrogens (tertiary/aromatic N) is 3. The van der Waals surface area contributed by atoms with Crippen LogP contribution in [0, 0.1) is 0 Å². The van der Waals surface area contributed by atoms with Crippen molar-refractivity contribution in [3.8, 4) is 0 Å². The third kappa shape index (κ3) is 1.72. The van der Waals surface area contributed by atoms with E-state index in [1.54, 1.807) is 0 Å². The highest BCUT2D eigenvalue weighted by atomic mass is 15.4. The largest absolute Gasteiger partial charge is 0.309 e. The topological polar surface area (TPSA) is 42.7 Å². The molecule has 0 saturated carbocycles. The lowest BCUT2D eigenvalue weighted by Gasteiger charge is -2.10. The normalized spacial score (nSPS) is 22.4. The zero-order valence-electron chi connectivity index (χ0n) is 8.03. The van der Waals surface area contributed by atoms with Crippen LogP contribution in [0.4, 0.5) is 0 Å². The summed E-state index contributed by atoms with van der Waals surface area (Å²) in [6, 6.07) is 0.488. The van der Waals surface area contributed by atoms with Gasteiger partial charge < -0.3 is 5.32 Å². The SMILES string of the molecule is CCCn1nncc1C1CCCN1. The Morgan fingerprint density at radius 3 is 3.31 bits per heavy atom. The van der Waals surface area contributed by atoms with Crippen LogP contribution in [0.1, 0.15) is 37.9 Å². The van der Waals surface area contributed by atoms with Gasteiger partial charge in [-0.2, -0.15) is 0 Å². The van der Waals surface area contributed by atoms with E-state index < -0.39 is 0 Å². The van der Waals surface area contributed by atoms with Crippen LogP contribution in [-0.4, -0.2) is 21.5 Å². The monoisotopic (exact) mass is 180 g/mol. The van der Waals surface area contributed by atoms with Gasteiger partial charge in [0, 0.05) is 6.54 Å². The fourth-order valence-corrected chi connectivity index (χ4v) is 1.86. The summed E-state index contributed by atoms with van der Waals surface area (Å²) in [6.45, 7) is 4.27. The van der Waals surface area contributed by atoms with Crippen molar-refractivity contribution in [2.45, 2.75) is 38.8 Å². The number of aromatic nitrogens is 3. The Kier molecular flexibility index (Phi) is 2.59. The van der Waals surface area contributed by atoms with E-state index in [1.807, 2.05) is 10.9 Å². The fourth-order valence-electron chi connectivity index (χ4n) is 1.86. The molecule has 1 saturated heterocycles. The minimum atomic E-state index is 0.488. The zero-order chi connectivity index (χ0) is 9.10. The molecule has 0 radical (unpaired) electrons. The highest BCUT2D eigenvalue weighted by Crippen LogP contribution is 2.21. The number of nitrogens with one attached hydrogen (secondary N) is 1. The molecule has 1 fully saturated rings. The maximum Gasteiger partial charge on any atom is 0.0756 e. The molecule has 13 heavy (non-hydrogen) atoms. The highest BCUT2D eigenvalue weighted by Gasteiger charge is 2.19. The van der Waals surface area contributed by atoms with Gasteiger partial charge in [0.15, 0.2) is 0 Å². The minimum Gasteiger partial charge on any atom is -0.309 e. The van der Waals surface area contributed by atoms with Gasteiger partial charge in [0.05, 0.1) is 17.9 Å². The molecule has 0 spiro atoms. The number of rotatable bonds is 3. The maximum absolute atomic E-state index is 4.08. The molecule has 0 amide bonds. The van der Waals surface area contributed by atoms with Crippen LogP contribution in [0.25, 0.3) is 0 Å². The number of hydrogen-bond acceptors (Lipinski definition) is 3. The molecule has 0 aliphatic carbocycles. The molecule has 4 nitrogen and oxygen atoms in total. The van der Waals surface area contributed by atoms with E-state index >= 15 is 0 Å². The average molecular weight is 180 g/mol. The lowest BCUT2D eigenvalue weighted by atomic mass is 10.2. The van der Waals surface area contributed by atoms with Crippen LogP contribution in [0.3, 0.4) is 0 Å². The minimum absolute atomic E-state index is 0.488. The standard InChI is InChI=1S/C9H16N4/c1-2-6-13-9(7-11-12-13)8-4-3-5-10-8/h7-8,10H,2-6H2,1H3. The van der Waals surface area contributed by atoms with Crippen LogP contribution in [-0.2, 0) is 6.54 Å². The highest BCUT2D eigenvalue weighted by molar-refractivity contribution is 5.04. The van der Waals surface area contributed by atoms with Crippen LogP contribution in [0.15, 0.2) is 6.20 Å². The molecule has 1 aromatic rings. The molecular formula is C9H16N4. The van der Waals surface area contributed by atoms with Crippen molar-refractivity contribution in [3.05, 3.63) is 11.9 Å². The van der Waals surface area contributed by atoms with E-state index in [2.05, 4.69) is 22.6 Å². The molecule has 4 heteroatoms. The summed E-state index contributed by atoms with van der Waals surface area (Å²) < 4.78 is 2.02. The van der Waals surface area contributed by atoms with Crippen molar-refractivity contribution < 1.29 is 0 Å². The smallest absolute Gasteiger partial charge is 0.0756 e. The van der Waals surface area contributed by atoms with E-state index in [9.17, 15) is 0 Å². The van der Waals surface area contributed by atoms with Crippen molar-refractivity contribution in [1.82, 2.24) is 20.3 Å². The number of hydrogen-bond donors (Lipinski definition) is 1. The average Bonchev–Trinajstić information content (AvgIpc) is 2.71. The van der Waals surface area contributed by atoms with E-state index in [0.717, 1.165) is 19.5 Å². The Morgan fingerprint density at radius 1 is 1.69 bits per heavy atom. The fraction of sp³-hybridized carbons (Fsp3) is 0.778. The molecule has 0 bridgehead atoms. The first-order chi connectivity index (χ1) is 6.42. The van der Waals surface area contributed by atoms with E-state index in [1.165, 1.54) is 18.5 Å². The predicted octanol–water partition coefficient (Wildman–Crippen LogP) is 1.11. The van der Waals surface area contributed by atoms with Gasteiger partial charge in [-0.15, -0.1) is 5.10 Å². The molecule has 1 atom stereocenters. The first-order valence-corrected chi connectivity index (χ1v) is 5.03. The maximum atomic E-state index is 4.08. The Morgan fingerprint density at radius 2 is 2.62 bits per heavy atom. The van der Waals surface area contributed by atoms with Gasteiger partial charge in [-0.25, -0.2) is 4.68 Å². The Bertz CT molecular complexity index is 262. The van der Waals surface area contributed by atoms with Gasteiger partial charge in [-0.3, -0.25) is 0 Å². The molecule has 2 rings (SSSR count). The molecule has 1 N–H and O–H groups in total. The van der Waals surface area contributed by atoms with E-state index in [0.29, 0.717) is 6.04 Å². The molecular weight excluding hydrogens is 164 g/mol. The van der Waals surface area contributed by atoms with Crippen LogP contribution < -0.4 is 5.32 Å². The zero-order valence-corrected chi connectivity index (χ0v) is 8.03. The third-order valence-corrected chi connectivity index (χ3v) is 2.50. The summed E-state index contributed by atoms with van der Waals surface area (Å²) in [5, 5.41) is 11.5. The van der Waals surface area contributed by atoms with E-state index in [-0.39, 0.29) is 0 Å². The van der Waals surface area contributed by atoms with Gasteiger partial charge in [0.2, 0.25) is 0 Å². The van der Waals surface area contributed by atoms with Gasteiger partial charge in [-0.1, -0.05) is 12.1 Å².